The lowest BCUT2D eigenvalue weighted by Gasteiger charge is -2.43. The monoisotopic (exact) mass is 315 g/mol. The van der Waals surface area contributed by atoms with Gasteiger partial charge >= 0.3 is 5.97 Å². The second-order valence-corrected chi connectivity index (χ2v) is 7.24. The van der Waals surface area contributed by atoms with Gasteiger partial charge < -0.3 is 5.11 Å². The molecule has 1 N–H and O–H groups in total. The van der Waals surface area contributed by atoms with Gasteiger partial charge in [-0.05, 0) is 17.1 Å². The molecule has 1 atom stereocenters. The molecule has 19 heavy (non-hydrogen) atoms. The summed E-state index contributed by atoms with van der Waals surface area (Å²) in [5.41, 5.74) is 0.963. The van der Waals surface area contributed by atoms with Gasteiger partial charge in [-0.25, -0.2) is 4.79 Å². The molecule has 0 unspecified atom stereocenters. The van der Waals surface area contributed by atoms with Crippen molar-refractivity contribution in [2.24, 2.45) is 0 Å². The third kappa shape index (κ3) is 2.37. The maximum Gasteiger partial charge on any atom is 0.352 e. The lowest BCUT2D eigenvalue weighted by Crippen LogP contribution is -2.54. The largest absolute Gasteiger partial charge is 0.477 e. The van der Waals surface area contributed by atoms with Crippen molar-refractivity contribution in [2.45, 2.75) is 16.0 Å². The molecule has 3 rings (SSSR count). The summed E-state index contributed by atoms with van der Waals surface area (Å²) in [7, 11) is 0. The molecule has 0 aliphatic carbocycles. The highest BCUT2D eigenvalue weighted by molar-refractivity contribution is 8.01. The average Bonchev–Trinajstić information content (AvgIpc) is 2.88. The molecule has 0 aromatic carbocycles. The maximum absolute atomic E-state index is 11.5. The van der Waals surface area contributed by atoms with E-state index < -0.39 is 5.97 Å². The first-order valence-corrected chi connectivity index (χ1v) is 8.26. The Kier molecular flexibility index (Phi) is 3.50. The molecular weight excluding hydrogens is 306 g/mol. The maximum atomic E-state index is 11.5. The number of fused-ring (bicyclic) bond motifs is 1. The minimum atomic E-state index is -1.02. The molecule has 1 aromatic rings. The summed E-state index contributed by atoms with van der Waals surface area (Å²) >= 11 is 4.41. The number of carboxylic acids is 1. The molecule has 1 saturated heterocycles. The van der Waals surface area contributed by atoms with Gasteiger partial charge in [0.1, 0.15) is 9.91 Å². The standard InChI is InChI=1S/C10H9N3O3S3/c14-6-1-7-13(6)9(10(15)16)5(3-17-7)4-18-8-2-11-12-19-8/h2,7H,1,3-4H2,(H,15,16)/t7-/m0/s1. The SMILES string of the molecule is O=C(O)C1=C(CSc2cnns2)CS[C@H]2CC(=O)N12. The van der Waals surface area contributed by atoms with Crippen molar-refractivity contribution in [3.05, 3.63) is 17.5 Å². The van der Waals surface area contributed by atoms with E-state index in [1.165, 1.54) is 28.2 Å². The average molecular weight is 315 g/mol. The van der Waals surface area contributed by atoms with Crippen LogP contribution in [0.25, 0.3) is 0 Å². The molecule has 100 valence electrons. The van der Waals surface area contributed by atoms with Gasteiger partial charge in [-0.1, -0.05) is 4.49 Å². The van der Waals surface area contributed by atoms with E-state index in [-0.39, 0.29) is 17.0 Å². The molecule has 3 heterocycles. The summed E-state index contributed by atoms with van der Waals surface area (Å²) in [6, 6.07) is 0. The van der Waals surface area contributed by atoms with Crippen molar-refractivity contribution in [2.75, 3.05) is 11.5 Å². The van der Waals surface area contributed by atoms with Crippen molar-refractivity contribution in [1.82, 2.24) is 14.5 Å². The number of hydrogen-bond donors (Lipinski definition) is 1. The fraction of sp³-hybridized carbons (Fsp3) is 0.400. The summed E-state index contributed by atoms with van der Waals surface area (Å²) in [6.07, 6.45) is 2.10. The molecule has 1 fully saturated rings. The zero-order valence-electron chi connectivity index (χ0n) is 9.61. The number of thioether (sulfide) groups is 2. The fourth-order valence-corrected chi connectivity index (χ4v) is 4.80. The van der Waals surface area contributed by atoms with Crippen LogP contribution >= 0.6 is 35.1 Å². The van der Waals surface area contributed by atoms with E-state index in [2.05, 4.69) is 9.59 Å². The molecule has 0 radical (unpaired) electrons. The summed E-state index contributed by atoms with van der Waals surface area (Å²) in [4.78, 5) is 24.3. The number of carboxylic acid groups (broad SMARTS) is 1. The van der Waals surface area contributed by atoms with Gasteiger partial charge in [0.05, 0.1) is 18.0 Å². The van der Waals surface area contributed by atoms with E-state index in [0.29, 0.717) is 17.9 Å². The van der Waals surface area contributed by atoms with Crippen molar-refractivity contribution in [3.8, 4) is 0 Å². The fourth-order valence-electron chi connectivity index (χ4n) is 1.97. The van der Waals surface area contributed by atoms with Crippen molar-refractivity contribution in [3.63, 3.8) is 0 Å². The Balaban J connectivity index is 1.81. The Labute approximate surface area is 121 Å². The smallest absolute Gasteiger partial charge is 0.352 e. The Hall–Kier alpha value is -1.06. The van der Waals surface area contributed by atoms with E-state index >= 15 is 0 Å². The van der Waals surface area contributed by atoms with Crippen molar-refractivity contribution < 1.29 is 14.7 Å². The van der Waals surface area contributed by atoms with E-state index in [1.807, 2.05) is 0 Å². The first kappa shape index (κ1) is 12.9. The lowest BCUT2D eigenvalue weighted by atomic mass is 10.1. The molecule has 1 aromatic heterocycles. The Morgan fingerprint density at radius 2 is 2.47 bits per heavy atom. The first-order valence-electron chi connectivity index (χ1n) is 5.46. The zero-order chi connectivity index (χ0) is 13.4. The summed E-state index contributed by atoms with van der Waals surface area (Å²) in [5, 5.41) is 13.1. The van der Waals surface area contributed by atoms with E-state index in [9.17, 15) is 14.7 Å². The molecule has 0 bridgehead atoms. The van der Waals surface area contributed by atoms with Crippen LogP contribution in [0.2, 0.25) is 0 Å². The number of amides is 1. The molecule has 2 aliphatic heterocycles. The molecule has 0 saturated carbocycles. The molecule has 1 amide bonds. The van der Waals surface area contributed by atoms with Gasteiger partial charge in [-0.3, -0.25) is 9.69 Å². The third-order valence-electron chi connectivity index (χ3n) is 2.86. The first-order chi connectivity index (χ1) is 9.16. The van der Waals surface area contributed by atoms with E-state index in [1.54, 1.807) is 18.0 Å². The van der Waals surface area contributed by atoms with Crippen LogP contribution in [-0.2, 0) is 9.59 Å². The minimum Gasteiger partial charge on any atom is -0.477 e. The van der Waals surface area contributed by atoms with Crippen LogP contribution < -0.4 is 0 Å². The van der Waals surface area contributed by atoms with Crippen LogP contribution in [0.1, 0.15) is 6.42 Å². The van der Waals surface area contributed by atoms with Crippen LogP contribution in [0.15, 0.2) is 21.7 Å². The Morgan fingerprint density at radius 1 is 1.63 bits per heavy atom. The second-order valence-electron chi connectivity index (χ2n) is 4.02. The third-order valence-corrected chi connectivity index (χ3v) is 6.06. The zero-order valence-corrected chi connectivity index (χ0v) is 12.1. The number of aliphatic carboxylic acids is 1. The highest BCUT2D eigenvalue weighted by Gasteiger charge is 2.45. The Bertz CT molecular complexity index is 558. The quantitative estimate of drug-likeness (QED) is 0.662. The Morgan fingerprint density at radius 3 is 3.11 bits per heavy atom. The highest BCUT2D eigenvalue weighted by atomic mass is 32.2. The number of nitrogens with zero attached hydrogens (tertiary/aromatic N) is 3. The van der Waals surface area contributed by atoms with Gasteiger partial charge in [0.25, 0.3) is 0 Å². The minimum absolute atomic E-state index is 0.0115. The van der Waals surface area contributed by atoms with Crippen molar-refractivity contribution in [1.29, 1.82) is 0 Å². The van der Waals surface area contributed by atoms with E-state index in [0.717, 1.165) is 9.78 Å². The normalized spacial score (nSPS) is 22.2. The second kappa shape index (κ2) is 5.14. The summed E-state index contributed by atoms with van der Waals surface area (Å²) in [6.45, 7) is 0. The van der Waals surface area contributed by atoms with Gasteiger partial charge in [-0.2, -0.15) is 0 Å². The topological polar surface area (TPSA) is 83.4 Å². The molecule has 6 nitrogen and oxygen atoms in total. The van der Waals surface area contributed by atoms with Crippen LogP contribution in [0.5, 0.6) is 0 Å². The van der Waals surface area contributed by atoms with E-state index in [4.69, 9.17) is 0 Å². The van der Waals surface area contributed by atoms with Gasteiger partial charge in [0.2, 0.25) is 5.91 Å². The van der Waals surface area contributed by atoms with Crippen LogP contribution in [0, 0.1) is 0 Å². The molecule has 9 heteroatoms. The summed E-state index contributed by atoms with van der Waals surface area (Å²) in [5.74, 6) is 0.0950. The van der Waals surface area contributed by atoms with Crippen LogP contribution in [-0.4, -0.2) is 48.3 Å². The number of carbonyl (C=O) groups excluding carboxylic acids is 1. The van der Waals surface area contributed by atoms with Crippen LogP contribution in [0.3, 0.4) is 0 Å². The predicted octanol–water partition coefficient (Wildman–Crippen LogP) is 1.27. The number of carbonyl (C=O) groups is 2. The number of β-lactam (4-membered cyclic amide) rings is 1. The van der Waals surface area contributed by atoms with Crippen molar-refractivity contribution >= 4 is 46.9 Å². The predicted molar refractivity (Wildman–Crippen MR) is 73.0 cm³/mol. The number of hydrogen-bond acceptors (Lipinski definition) is 7. The van der Waals surface area contributed by atoms with Crippen LogP contribution in [0.4, 0.5) is 0 Å². The van der Waals surface area contributed by atoms with Gasteiger partial charge in [0, 0.05) is 11.5 Å². The molecule has 2 aliphatic rings. The molecule has 0 spiro atoms. The van der Waals surface area contributed by atoms with Gasteiger partial charge in [0.15, 0.2) is 0 Å². The van der Waals surface area contributed by atoms with Gasteiger partial charge in [-0.15, -0.1) is 28.6 Å². The lowest BCUT2D eigenvalue weighted by molar-refractivity contribution is -0.146. The highest BCUT2D eigenvalue weighted by Crippen LogP contribution is 2.41. The number of aromatic nitrogens is 2. The molecular formula is C10H9N3O3S3. The summed E-state index contributed by atoms with van der Waals surface area (Å²) < 4.78 is 4.70. The number of rotatable bonds is 4.